The molecule has 1 heterocycles. The Morgan fingerprint density at radius 1 is 0.962 bits per heavy atom. The van der Waals surface area contributed by atoms with E-state index in [0.717, 1.165) is 23.1 Å². The van der Waals surface area contributed by atoms with Crippen molar-refractivity contribution in [1.82, 2.24) is 4.98 Å². The summed E-state index contributed by atoms with van der Waals surface area (Å²) in [6.45, 7) is 1.80. The monoisotopic (exact) mass is 367 g/mol. The first-order chi connectivity index (χ1) is 12.5. The van der Waals surface area contributed by atoms with Crippen molar-refractivity contribution in [3.8, 4) is 5.75 Å². The second-order valence-electron chi connectivity index (χ2n) is 5.90. The summed E-state index contributed by atoms with van der Waals surface area (Å²) in [6.07, 6.45) is 4.26. The number of nitrogens with zero attached hydrogens (tertiary/aromatic N) is 2. The zero-order valence-corrected chi connectivity index (χ0v) is 15.4. The van der Waals surface area contributed by atoms with E-state index < -0.39 is 10.0 Å². The Kier molecular flexibility index (Phi) is 5.23. The highest BCUT2D eigenvalue weighted by molar-refractivity contribution is 7.94. The summed E-state index contributed by atoms with van der Waals surface area (Å²) >= 11 is 0. The zero-order valence-electron chi connectivity index (χ0n) is 14.6. The molecule has 134 valence electrons. The van der Waals surface area contributed by atoms with Crippen molar-refractivity contribution in [3.05, 3.63) is 88.4 Å². The summed E-state index contributed by atoms with van der Waals surface area (Å²) < 4.78 is 34.1. The predicted octanol–water partition coefficient (Wildman–Crippen LogP) is 4.38. The fourth-order valence-corrected chi connectivity index (χ4v) is 3.68. The van der Waals surface area contributed by atoms with E-state index in [2.05, 4.69) is 9.71 Å². The average Bonchev–Trinajstić information content (AvgIpc) is 2.64. The van der Waals surface area contributed by atoms with Gasteiger partial charge in [-0.2, -0.15) is 0 Å². The SMILES string of the molecule is COc1ccc(S(=O)(=O)[N-]c2ccc(Cc3ccncc3)cc2)cc1C. The third-order valence-electron chi connectivity index (χ3n) is 3.98. The highest BCUT2D eigenvalue weighted by atomic mass is 32.2. The molecule has 2 aromatic carbocycles. The second kappa shape index (κ2) is 7.58. The van der Waals surface area contributed by atoms with Gasteiger partial charge in [0.2, 0.25) is 0 Å². The number of aromatic nitrogens is 1. The molecule has 3 aromatic rings. The first-order valence-corrected chi connectivity index (χ1v) is 9.52. The molecule has 0 radical (unpaired) electrons. The van der Waals surface area contributed by atoms with Crippen LogP contribution in [-0.2, 0) is 16.4 Å². The molecule has 0 spiro atoms. The molecule has 0 aliphatic rings. The van der Waals surface area contributed by atoms with E-state index in [9.17, 15) is 8.42 Å². The molecule has 0 fully saturated rings. The van der Waals surface area contributed by atoms with Crippen LogP contribution in [0.1, 0.15) is 16.7 Å². The van der Waals surface area contributed by atoms with Crippen molar-refractivity contribution in [2.45, 2.75) is 18.2 Å². The number of methoxy groups -OCH3 is 1. The number of pyridine rings is 1. The summed E-state index contributed by atoms with van der Waals surface area (Å²) in [5.74, 6) is 0.643. The Labute approximate surface area is 153 Å². The highest BCUT2D eigenvalue weighted by Crippen LogP contribution is 2.30. The number of benzene rings is 2. The van der Waals surface area contributed by atoms with Gasteiger partial charge in [-0.25, -0.2) is 8.42 Å². The highest BCUT2D eigenvalue weighted by Gasteiger charge is 2.08. The number of hydrogen-bond donors (Lipinski definition) is 0. The molecule has 0 bridgehead atoms. The maximum atomic E-state index is 12.5. The Morgan fingerprint density at radius 3 is 2.23 bits per heavy atom. The summed E-state index contributed by atoms with van der Waals surface area (Å²) in [5.41, 5.74) is 3.37. The standard InChI is InChI=1S/C20H19N2O3S/c1-15-13-19(7-8-20(15)25-2)26(23,24)22-18-5-3-16(4-6-18)14-17-9-11-21-12-10-17/h3-13H,14H2,1-2H3/q-1. The Bertz CT molecular complexity index is 985. The second-order valence-corrected chi connectivity index (χ2v) is 7.50. The molecule has 0 N–H and O–H groups in total. The number of hydrogen-bond acceptors (Lipinski definition) is 4. The van der Waals surface area contributed by atoms with Gasteiger partial charge < -0.3 is 9.46 Å². The minimum absolute atomic E-state index is 0.150. The largest absolute Gasteiger partial charge is 0.573 e. The van der Waals surface area contributed by atoms with E-state index >= 15 is 0 Å². The van der Waals surface area contributed by atoms with E-state index in [1.165, 1.54) is 6.07 Å². The Hall–Kier alpha value is -2.86. The fraction of sp³-hybridized carbons (Fsp3) is 0.150. The van der Waals surface area contributed by atoms with E-state index in [4.69, 9.17) is 4.74 Å². The molecule has 0 atom stereocenters. The number of ether oxygens (including phenoxy) is 1. The molecule has 6 heteroatoms. The van der Waals surface area contributed by atoms with Gasteiger partial charge in [0, 0.05) is 12.4 Å². The van der Waals surface area contributed by atoms with E-state index in [0.29, 0.717) is 11.4 Å². The van der Waals surface area contributed by atoms with Crippen LogP contribution in [-0.4, -0.2) is 20.5 Å². The van der Waals surface area contributed by atoms with Crippen LogP contribution in [0.15, 0.2) is 71.9 Å². The predicted molar refractivity (Wildman–Crippen MR) is 101 cm³/mol. The first kappa shape index (κ1) is 17.9. The van der Waals surface area contributed by atoms with Crippen molar-refractivity contribution in [3.63, 3.8) is 0 Å². The van der Waals surface area contributed by atoms with Crippen molar-refractivity contribution in [2.75, 3.05) is 7.11 Å². The third kappa shape index (κ3) is 4.21. The summed E-state index contributed by atoms with van der Waals surface area (Å²) in [6, 6.07) is 15.8. The maximum Gasteiger partial charge on any atom is 0.123 e. The van der Waals surface area contributed by atoms with Crippen molar-refractivity contribution < 1.29 is 13.2 Å². The van der Waals surface area contributed by atoms with Crippen LogP contribution in [0.25, 0.3) is 4.72 Å². The molecular formula is C20H19N2O3S-. The lowest BCUT2D eigenvalue weighted by molar-refractivity contribution is 0.411. The lowest BCUT2D eigenvalue weighted by atomic mass is 10.1. The van der Waals surface area contributed by atoms with Gasteiger partial charge in [-0.15, -0.1) is 5.69 Å². The molecule has 0 unspecified atom stereocenters. The lowest BCUT2D eigenvalue weighted by Gasteiger charge is -2.22. The van der Waals surface area contributed by atoms with Gasteiger partial charge in [0.1, 0.15) is 15.8 Å². The lowest BCUT2D eigenvalue weighted by Crippen LogP contribution is -1.99. The topological polar surface area (TPSA) is 70.4 Å². The van der Waals surface area contributed by atoms with Crippen LogP contribution in [0.2, 0.25) is 0 Å². The zero-order chi connectivity index (χ0) is 18.6. The van der Waals surface area contributed by atoms with E-state index in [1.54, 1.807) is 50.7 Å². The average molecular weight is 367 g/mol. The molecule has 5 nitrogen and oxygen atoms in total. The minimum Gasteiger partial charge on any atom is -0.573 e. The first-order valence-electron chi connectivity index (χ1n) is 8.08. The molecule has 0 aliphatic carbocycles. The van der Waals surface area contributed by atoms with Gasteiger partial charge in [0.15, 0.2) is 0 Å². The molecule has 0 saturated heterocycles. The van der Waals surface area contributed by atoms with Gasteiger partial charge in [0.25, 0.3) is 0 Å². The van der Waals surface area contributed by atoms with Gasteiger partial charge in [0.05, 0.1) is 12.0 Å². The van der Waals surface area contributed by atoms with Gasteiger partial charge >= 0.3 is 0 Å². The maximum absolute atomic E-state index is 12.5. The molecule has 0 aliphatic heterocycles. The molecule has 0 amide bonds. The molecular weight excluding hydrogens is 348 g/mol. The van der Waals surface area contributed by atoms with Crippen LogP contribution < -0.4 is 4.74 Å². The van der Waals surface area contributed by atoms with Crippen LogP contribution in [0.4, 0.5) is 5.69 Å². The fourth-order valence-electron chi connectivity index (χ4n) is 2.61. The quantitative estimate of drug-likeness (QED) is 0.648. The number of rotatable bonds is 6. The summed E-state index contributed by atoms with van der Waals surface area (Å²) in [7, 11) is -2.22. The van der Waals surface area contributed by atoms with Crippen LogP contribution in [0.5, 0.6) is 5.75 Å². The molecule has 26 heavy (non-hydrogen) atoms. The third-order valence-corrected chi connectivity index (χ3v) is 5.28. The van der Waals surface area contributed by atoms with Crippen molar-refractivity contribution in [1.29, 1.82) is 0 Å². The van der Waals surface area contributed by atoms with Gasteiger partial charge in [-0.05, 0) is 60.4 Å². The molecule has 0 saturated carbocycles. The van der Waals surface area contributed by atoms with Gasteiger partial charge in [-0.3, -0.25) is 4.98 Å². The van der Waals surface area contributed by atoms with Crippen LogP contribution in [0, 0.1) is 6.92 Å². The number of aryl methyl sites for hydroxylation is 1. The van der Waals surface area contributed by atoms with Crippen molar-refractivity contribution in [2.24, 2.45) is 0 Å². The van der Waals surface area contributed by atoms with E-state index in [1.807, 2.05) is 24.3 Å². The molecule has 1 aromatic heterocycles. The van der Waals surface area contributed by atoms with Crippen molar-refractivity contribution >= 4 is 15.7 Å². The normalized spacial score (nSPS) is 11.2. The molecule has 3 rings (SSSR count). The van der Waals surface area contributed by atoms with Gasteiger partial charge in [-0.1, -0.05) is 24.3 Å². The smallest absolute Gasteiger partial charge is 0.123 e. The minimum atomic E-state index is -3.77. The van der Waals surface area contributed by atoms with Crippen LogP contribution >= 0.6 is 0 Å². The van der Waals surface area contributed by atoms with E-state index in [-0.39, 0.29) is 4.90 Å². The summed E-state index contributed by atoms with van der Waals surface area (Å²) in [5, 5.41) is 0. The Balaban J connectivity index is 1.74. The summed E-state index contributed by atoms with van der Waals surface area (Å²) in [4.78, 5) is 4.15. The Morgan fingerprint density at radius 2 is 1.62 bits per heavy atom. The van der Waals surface area contributed by atoms with Crippen LogP contribution in [0.3, 0.4) is 0 Å². The number of sulfonamides is 1.